The Kier molecular flexibility index (Phi) is 3.80. The van der Waals surface area contributed by atoms with E-state index in [0.717, 1.165) is 6.07 Å². The highest BCUT2D eigenvalue weighted by molar-refractivity contribution is 6.32. The second-order valence-corrected chi connectivity index (χ2v) is 3.29. The molecular formula is C10H6ClF2NO2. The van der Waals surface area contributed by atoms with E-state index in [0.29, 0.717) is 0 Å². The fourth-order valence-corrected chi connectivity index (χ4v) is 1.35. The van der Waals surface area contributed by atoms with Crippen molar-refractivity contribution in [2.45, 2.75) is 13.5 Å². The van der Waals surface area contributed by atoms with Gasteiger partial charge in [0.05, 0.1) is 10.6 Å². The SMILES string of the molecule is CC(=O)c1cc(Cl)c(OC(F)F)c(C#N)c1. The highest BCUT2D eigenvalue weighted by atomic mass is 35.5. The summed E-state index contributed by atoms with van der Waals surface area (Å²) in [6, 6.07) is 3.98. The first-order chi connectivity index (χ1) is 7.45. The van der Waals surface area contributed by atoms with Crippen molar-refractivity contribution in [3.05, 3.63) is 28.3 Å². The molecule has 0 saturated heterocycles. The van der Waals surface area contributed by atoms with Crippen LogP contribution in [0.25, 0.3) is 0 Å². The van der Waals surface area contributed by atoms with Crippen LogP contribution >= 0.6 is 11.6 Å². The standard InChI is InChI=1S/C10H6ClF2NO2/c1-5(15)6-2-7(4-14)9(8(11)3-6)16-10(12)13/h2-3,10H,1H3. The molecule has 0 bridgehead atoms. The van der Waals surface area contributed by atoms with Crippen molar-refractivity contribution in [1.29, 1.82) is 5.26 Å². The van der Waals surface area contributed by atoms with Gasteiger partial charge < -0.3 is 4.74 Å². The van der Waals surface area contributed by atoms with E-state index in [-0.39, 0.29) is 21.9 Å². The Balaban J connectivity index is 3.30. The van der Waals surface area contributed by atoms with Gasteiger partial charge in [-0.2, -0.15) is 14.0 Å². The summed E-state index contributed by atoms with van der Waals surface area (Å²) in [5, 5.41) is 8.53. The Morgan fingerprint density at radius 1 is 1.56 bits per heavy atom. The molecule has 0 aliphatic rings. The van der Waals surface area contributed by atoms with Crippen molar-refractivity contribution in [3.63, 3.8) is 0 Å². The predicted octanol–water partition coefficient (Wildman–Crippen LogP) is 3.02. The molecule has 0 spiro atoms. The lowest BCUT2D eigenvalue weighted by molar-refractivity contribution is -0.0499. The maximum absolute atomic E-state index is 12.0. The van der Waals surface area contributed by atoms with Crippen LogP contribution in [-0.4, -0.2) is 12.4 Å². The van der Waals surface area contributed by atoms with Gasteiger partial charge in [-0.15, -0.1) is 0 Å². The van der Waals surface area contributed by atoms with Crippen molar-refractivity contribution in [3.8, 4) is 11.8 Å². The van der Waals surface area contributed by atoms with Crippen molar-refractivity contribution in [2.24, 2.45) is 0 Å². The third-order valence-corrected chi connectivity index (χ3v) is 2.06. The number of carbonyl (C=O) groups is 1. The van der Waals surface area contributed by atoms with E-state index < -0.39 is 12.4 Å². The smallest absolute Gasteiger partial charge is 0.387 e. The maximum Gasteiger partial charge on any atom is 0.387 e. The van der Waals surface area contributed by atoms with Crippen LogP contribution in [0.15, 0.2) is 12.1 Å². The van der Waals surface area contributed by atoms with E-state index in [1.165, 1.54) is 13.0 Å². The first kappa shape index (κ1) is 12.4. The van der Waals surface area contributed by atoms with E-state index in [1.54, 1.807) is 6.07 Å². The summed E-state index contributed by atoms with van der Waals surface area (Å²) in [6.45, 7) is -1.80. The third-order valence-electron chi connectivity index (χ3n) is 1.78. The number of halogens is 3. The lowest BCUT2D eigenvalue weighted by atomic mass is 10.1. The molecule has 0 fully saturated rings. The number of hydrogen-bond acceptors (Lipinski definition) is 3. The zero-order valence-electron chi connectivity index (χ0n) is 8.13. The van der Waals surface area contributed by atoms with Gasteiger partial charge >= 0.3 is 6.61 Å². The number of ether oxygens (including phenoxy) is 1. The van der Waals surface area contributed by atoms with Crippen LogP contribution in [-0.2, 0) is 0 Å². The van der Waals surface area contributed by atoms with Gasteiger partial charge in [-0.1, -0.05) is 11.6 Å². The predicted molar refractivity (Wildman–Crippen MR) is 52.8 cm³/mol. The molecule has 84 valence electrons. The summed E-state index contributed by atoms with van der Waals surface area (Å²) in [5.74, 6) is -0.730. The zero-order chi connectivity index (χ0) is 12.3. The van der Waals surface area contributed by atoms with Gasteiger partial charge in [0.15, 0.2) is 11.5 Å². The van der Waals surface area contributed by atoms with Crippen LogP contribution in [0.3, 0.4) is 0 Å². The Bertz CT molecular complexity index is 469. The quantitative estimate of drug-likeness (QED) is 0.769. The average molecular weight is 246 g/mol. The molecule has 0 N–H and O–H groups in total. The first-order valence-corrected chi connectivity index (χ1v) is 4.53. The highest BCUT2D eigenvalue weighted by Crippen LogP contribution is 2.31. The van der Waals surface area contributed by atoms with Crippen LogP contribution in [0.5, 0.6) is 5.75 Å². The summed E-state index contributed by atoms with van der Waals surface area (Å²) >= 11 is 5.64. The van der Waals surface area contributed by atoms with Crippen molar-refractivity contribution in [2.75, 3.05) is 0 Å². The number of carbonyl (C=O) groups excluding carboxylic acids is 1. The molecule has 1 aromatic carbocycles. The van der Waals surface area contributed by atoms with Gasteiger partial charge in [0.1, 0.15) is 6.07 Å². The van der Waals surface area contributed by atoms with Gasteiger partial charge in [-0.25, -0.2) is 0 Å². The van der Waals surface area contributed by atoms with E-state index in [4.69, 9.17) is 16.9 Å². The fourth-order valence-electron chi connectivity index (χ4n) is 1.09. The number of ketones is 1. The number of hydrogen-bond donors (Lipinski definition) is 0. The largest absolute Gasteiger partial charge is 0.432 e. The Morgan fingerprint density at radius 2 is 2.19 bits per heavy atom. The molecule has 3 nitrogen and oxygen atoms in total. The molecule has 0 heterocycles. The zero-order valence-corrected chi connectivity index (χ0v) is 8.89. The number of nitrogens with zero attached hydrogens (tertiary/aromatic N) is 1. The monoisotopic (exact) mass is 245 g/mol. The number of alkyl halides is 2. The number of Topliss-reactive ketones (excluding diaryl/α,β-unsaturated/α-hetero) is 1. The number of nitriles is 1. The molecule has 0 aliphatic carbocycles. The average Bonchev–Trinajstić information content (AvgIpc) is 2.19. The Labute approximate surface area is 95.2 Å². The van der Waals surface area contributed by atoms with Gasteiger partial charge in [-0.05, 0) is 19.1 Å². The number of rotatable bonds is 3. The summed E-state index contributed by atoms with van der Waals surface area (Å²) in [5.41, 5.74) is -0.0267. The summed E-state index contributed by atoms with van der Waals surface area (Å²) in [7, 11) is 0. The minimum Gasteiger partial charge on any atom is -0.432 e. The lowest BCUT2D eigenvalue weighted by Gasteiger charge is -2.09. The second-order valence-electron chi connectivity index (χ2n) is 2.88. The summed E-state index contributed by atoms with van der Waals surface area (Å²) in [4.78, 5) is 11.0. The molecule has 0 saturated carbocycles. The molecule has 16 heavy (non-hydrogen) atoms. The molecule has 0 amide bonds. The normalized spacial score (nSPS) is 10.0. The van der Waals surface area contributed by atoms with Crippen LogP contribution in [0.2, 0.25) is 5.02 Å². The molecule has 1 aromatic rings. The molecule has 0 radical (unpaired) electrons. The van der Waals surface area contributed by atoms with E-state index in [1.807, 2.05) is 0 Å². The molecule has 6 heteroatoms. The van der Waals surface area contributed by atoms with Crippen molar-refractivity contribution in [1.82, 2.24) is 0 Å². The van der Waals surface area contributed by atoms with Crippen LogP contribution in [0.1, 0.15) is 22.8 Å². The van der Waals surface area contributed by atoms with E-state index >= 15 is 0 Å². The van der Waals surface area contributed by atoms with Crippen LogP contribution < -0.4 is 4.74 Å². The van der Waals surface area contributed by atoms with Crippen LogP contribution in [0.4, 0.5) is 8.78 Å². The van der Waals surface area contributed by atoms with Gasteiger partial charge in [0.2, 0.25) is 0 Å². The summed E-state index contributed by atoms with van der Waals surface area (Å²) < 4.78 is 28.1. The minimum atomic E-state index is -3.08. The summed E-state index contributed by atoms with van der Waals surface area (Å²) in [6.07, 6.45) is 0. The van der Waals surface area contributed by atoms with E-state index in [9.17, 15) is 13.6 Å². The molecule has 0 aromatic heterocycles. The maximum atomic E-state index is 12.0. The lowest BCUT2D eigenvalue weighted by Crippen LogP contribution is -2.05. The molecule has 0 unspecified atom stereocenters. The van der Waals surface area contributed by atoms with Gasteiger partial charge in [-0.3, -0.25) is 4.79 Å². The topological polar surface area (TPSA) is 50.1 Å². The van der Waals surface area contributed by atoms with Crippen LogP contribution in [0, 0.1) is 11.3 Å². The number of benzene rings is 1. The second kappa shape index (κ2) is 4.90. The Morgan fingerprint density at radius 3 is 2.62 bits per heavy atom. The fraction of sp³-hybridized carbons (Fsp3) is 0.200. The van der Waals surface area contributed by atoms with Gasteiger partial charge in [0.25, 0.3) is 0 Å². The third kappa shape index (κ3) is 2.67. The Hall–Kier alpha value is -1.67. The first-order valence-electron chi connectivity index (χ1n) is 4.15. The van der Waals surface area contributed by atoms with E-state index in [2.05, 4.69) is 4.74 Å². The minimum absolute atomic E-state index is 0.170. The molecule has 0 aliphatic heterocycles. The molecule has 0 atom stereocenters. The van der Waals surface area contributed by atoms with Crippen molar-refractivity contribution < 1.29 is 18.3 Å². The molecule has 1 rings (SSSR count). The van der Waals surface area contributed by atoms with Crippen molar-refractivity contribution >= 4 is 17.4 Å². The molecular weight excluding hydrogens is 240 g/mol. The van der Waals surface area contributed by atoms with Gasteiger partial charge in [0, 0.05) is 5.56 Å². The highest BCUT2D eigenvalue weighted by Gasteiger charge is 2.16.